The minimum Gasteiger partial charge on any atom is -0.365 e. The standard InChI is InChI=1S/C17H20ClFN2/c1-11(20)15-5-4-6-16(19)17(15)21(3)12(2)13-7-9-14(18)10-8-13/h4-12H,20H2,1-3H3. The molecule has 2 aromatic rings. The molecule has 0 aliphatic heterocycles. The predicted molar refractivity (Wildman–Crippen MR) is 87.3 cm³/mol. The zero-order valence-corrected chi connectivity index (χ0v) is 13.2. The van der Waals surface area contributed by atoms with Gasteiger partial charge >= 0.3 is 0 Å². The molecule has 2 atom stereocenters. The lowest BCUT2D eigenvalue weighted by atomic mass is 10.0. The van der Waals surface area contributed by atoms with Crippen LogP contribution in [-0.4, -0.2) is 7.05 Å². The Labute approximate surface area is 130 Å². The minimum atomic E-state index is -0.256. The molecular weight excluding hydrogens is 287 g/mol. The van der Waals surface area contributed by atoms with Crippen LogP contribution >= 0.6 is 11.6 Å². The first-order valence-electron chi connectivity index (χ1n) is 6.94. The van der Waals surface area contributed by atoms with Gasteiger partial charge in [-0.25, -0.2) is 4.39 Å². The Kier molecular flexibility index (Phi) is 4.86. The first-order chi connectivity index (χ1) is 9.91. The highest BCUT2D eigenvalue weighted by molar-refractivity contribution is 6.30. The van der Waals surface area contributed by atoms with Gasteiger partial charge in [0.2, 0.25) is 0 Å². The first-order valence-corrected chi connectivity index (χ1v) is 7.32. The van der Waals surface area contributed by atoms with Gasteiger partial charge < -0.3 is 10.6 Å². The Morgan fingerprint density at radius 3 is 2.29 bits per heavy atom. The van der Waals surface area contributed by atoms with Crippen LogP contribution < -0.4 is 10.6 Å². The van der Waals surface area contributed by atoms with E-state index < -0.39 is 0 Å². The molecule has 2 rings (SSSR count). The number of para-hydroxylation sites is 1. The maximum Gasteiger partial charge on any atom is 0.146 e. The van der Waals surface area contributed by atoms with Crippen LogP contribution in [0.3, 0.4) is 0 Å². The smallest absolute Gasteiger partial charge is 0.146 e. The Bertz CT molecular complexity index is 611. The van der Waals surface area contributed by atoms with Crippen molar-refractivity contribution < 1.29 is 4.39 Å². The molecule has 0 aromatic heterocycles. The second kappa shape index (κ2) is 6.46. The van der Waals surface area contributed by atoms with Gasteiger partial charge in [-0.2, -0.15) is 0 Å². The van der Waals surface area contributed by atoms with Crippen molar-refractivity contribution in [3.8, 4) is 0 Å². The van der Waals surface area contributed by atoms with Gasteiger partial charge in [0.05, 0.1) is 11.7 Å². The van der Waals surface area contributed by atoms with Crippen molar-refractivity contribution in [1.29, 1.82) is 0 Å². The fourth-order valence-electron chi connectivity index (χ4n) is 2.43. The minimum absolute atomic E-state index is 0.0108. The number of rotatable bonds is 4. The molecule has 112 valence electrons. The molecule has 2 unspecified atom stereocenters. The molecule has 2 N–H and O–H groups in total. The van der Waals surface area contributed by atoms with Gasteiger partial charge in [0, 0.05) is 18.1 Å². The second-order valence-corrected chi connectivity index (χ2v) is 5.74. The SMILES string of the molecule is CC(N)c1cccc(F)c1N(C)C(C)c1ccc(Cl)cc1. The quantitative estimate of drug-likeness (QED) is 0.887. The van der Waals surface area contributed by atoms with Crippen LogP contribution in [-0.2, 0) is 0 Å². The number of hydrogen-bond donors (Lipinski definition) is 1. The van der Waals surface area contributed by atoms with Crippen molar-refractivity contribution >= 4 is 17.3 Å². The molecule has 0 aliphatic carbocycles. The van der Waals surface area contributed by atoms with E-state index in [1.54, 1.807) is 6.07 Å². The molecule has 0 fully saturated rings. The fraction of sp³-hybridized carbons (Fsp3) is 0.294. The summed E-state index contributed by atoms with van der Waals surface area (Å²) >= 11 is 5.91. The van der Waals surface area contributed by atoms with E-state index >= 15 is 0 Å². The Morgan fingerprint density at radius 1 is 1.10 bits per heavy atom. The number of anilines is 1. The lowest BCUT2D eigenvalue weighted by Gasteiger charge is -2.30. The van der Waals surface area contributed by atoms with Crippen LogP contribution in [0.4, 0.5) is 10.1 Å². The maximum atomic E-state index is 14.3. The highest BCUT2D eigenvalue weighted by atomic mass is 35.5. The van der Waals surface area contributed by atoms with Gasteiger partial charge in [0.25, 0.3) is 0 Å². The number of benzene rings is 2. The average Bonchev–Trinajstić information content (AvgIpc) is 2.46. The van der Waals surface area contributed by atoms with Gasteiger partial charge in [-0.05, 0) is 43.2 Å². The molecule has 0 saturated heterocycles. The topological polar surface area (TPSA) is 29.3 Å². The monoisotopic (exact) mass is 306 g/mol. The van der Waals surface area contributed by atoms with Crippen molar-refractivity contribution in [1.82, 2.24) is 0 Å². The second-order valence-electron chi connectivity index (χ2n) is 5.30. The van der Waals surface area contributed by atoms with Crippen LogP contribution in [0.2, 0.25) is 5.02 Å². The largest absolute Gasteiger partial charge is 0.365 e. The van der Waals surface area contributed by atoms with Crippen molar-refractivity contribution in [2.24, 2.45) is 5.73 Å². The zero-order valence-electron chi connectivity index (χ0n) is 12.5. The van der Waals surface area contributed by atoms with E-state index in [2.05, 4.69) is 0 Å². The highest BCUT2D eigenvalue weighted by Gasteiger charge is 2.20. The first kappa shape index (κ1) is 15.8. The Hall–Kier alpha value is -1.58. The van der Waals surface area contributed by atoms with Crippen molar-refractivity contribution in [2.75, 3.05) is 11.9 Å². The molecule has 2 nitrogen and oxygen atoms in total. The van der Waals surface area contributed by atoms with Crippen LogP contribution in [0.1, 0.15) is 37.1 Å². The molecule has 4 heteroatoms. The van der Waals surface area contributed by atoms with Crippen LogP contribution in [0.25, 0.3) is 0 Å². The summed E-state index contributed by atoms with van der Waals surface area (Å²) in [5.74, 6) is -0.256. The van der Waals surface area contributed by atoms with E-state index in [-0.39, 0.29) is 17.9 Å². The molecule has 0 spiro atoms. The van der Waals surface area contributed by atoms with E-state index in [1.807, 2.05) is 56.1 Å². The summed E-state index contributed by atoms with van der Waals surface area (Å²) in [5, 5.41) is 0.691. The summed E-state index contributed by atoms with van der Waals surface area (Å²) in [6.45, 7) is 3.89. The summed E-state index contributed by atoms with van der Waals surface area (Å²) in [6, 6.07) is 12.4. The van der Waals surface area contributed by atoms with Crippen LogP contribution in [0.5, 0.6) is 0 Å². The molecule has 0 radical (unpaired) electrons. The van der Waals surface area contributed by atoms with E-state index in [4.69, 9.17) is 17.3 Å². The van der Waals surface area contributed by atoms with E-state index in [0.717, 1.165) is 11.1 Å². The van der Waals surface area contributed by atoms with E-state index in [1.165, 1.54) is 6.07 Å². The highest BCUT2D eigenvalue weighted by Crippen LogP contribution is 2.33. The van der Waals surface area contributed by atoms with Crippen LogP contribution in [0.15, 0.2) is 42.5 Å². The predicted octanol–water partition coefficient (Wildman–Crippen LogP) is 4.70. The Morgan fingerprint density at radius 2 is 1.71 bits per heavy atom. The maximum absolute atomic E-state index is 14.3. The van der Waals surface area contributed by atoms with Gasteiger partial charge in [0.15, 0.2) is 0 Å². The van der Waals surface area contributed by atoms with E-state index in [9.17, 15) is 4.39 Å². The summed E-state index contributed by atoms with van der Waals surface area (Å²) in [6.07, 6.45) is 0. The third-order valence-corrected chi connectivity index (χ3v) is 4.05. The van der Waals surface area contributed by atoms with Crippen molar-refractivity contribution in [3.05, 3.63) is 64.4 Å². The van der Waals surface area contributed by atoms with Gasteiger partial charge in [-0.15, -0.1) is 0 Å². The molecule has 0 saturated carbocycles. The normalized spacial score (nSPS) is 13.8. The molecule has 0 amide bonds. The Balaban J connectivity index is 2.39. The summed E-state index contributed by atoms with van der Waals surface area (Å²) < 4.78 is 14.3. The summed E-state index contributed by atoms with van der Waals surface area (Å²) in [5.41, 5.74) is 8.39. The summed E-state index contributed by atoms with van der Waals surface area (Å²) in [4.78, 5) is 1.91. The lowest BCUT2D eigenvalue weighted by molar-refractivity contribution is 0.604. The molecule has 21 heavy (non-hydrogen) atoms. The van der Waals surface area contributed by atoms with Gasteiger partial charge in [-0.3, -0.25) is 0 Å². The van der Waals surface area contributed by atoms with Gasteiger partial charge in [-0.1, -0.05) is 35.9 Å². The lowest BCUT2D eigenvalue weighted by Crippen LogP contribution is -2.25. The zero-order chi connectivity index (χ0) is 15.6. The molecular formula is C17H20ClFN2. The fourth-order valence-corrected chi connectivity index (χ4v) is 2.56. The van der Waals surface area contributed by atoms with Crippen molar-refractivity contribution in [2.45, 2.75) is 25.9 Å². The molecule has 2 aromatic carbocycles. The summed E-state index contributed by atoms with van der Waals surface area (Å²) in [7, 11) is 1.88. The molecule has 0 aliphatic rings. The van der Waals surface area contributed by atoms with Crippen molar-refractivity contribution in [3.63, 3.8) is 0 Å². The van der Waals surface area contributed by atoms with E-state index in [0.29, 0.717) is 10.7 Å². The van der Waals surface area contributed by atoms with Gasteiger partial charge in [0.1, 0.15) is 5.82 Å². The van der Waals surface area contributed by atoms with Crippen LogP contribution in [0, 0.1) is 5.82 Å². The number of hydrogen-bond acceptors (Lipinski definition) is 2. The third-order valence-electron chi connectivity index (χ3n) is 3.79. The average molecular weight is 307 g/mol. The third kappa shape index (κ3) is 3.36. The molecule has 0 heterocycles. The number of halogens is 2. The molecule has 0 bridgehead atoms. The number of nitrogens with zero attached hydrogens (tertiary/aromatic N) is 1. The number of nitrogens with two attached hydrogens (primary N) is 1.